The van der Waals surface area contributed by atoms with Gasteiger partial charge in [-0.15, -0.1) is 3.96 Å². The molecular weight excluding hydrogens is 298 g/mol. The molecule has 2 aromatic carbocycles. The molecule has 3 rings (SSSR count). The fraction of sp³-hybridized carbons (Fsp3) is 0.118. The highest BCUT2D eigenvalue weighted by Gasteiger charge is 2.16. The fourth-order valence-electron chi connectivity index (χ4n) is 2.02. The maximum absolute atomic E-state index is 5.19. The molecule has 0 bridgehead atoms. The summed E-state index contributed by atoms with van der Waals surface area (Å²) in [6, 6.07) is 20.9. The molecule has 0 amide bonds. The van der Waals surface area contributed by atoms with Crippen LogP contribution in [0.5, 0.6) is 5.75 Å². The van der Waals surface area contributed by atoms with E-state index in [1.165, 1.54) is 20.4 Å². The quantitative estimate of drug-likeness (QED) is 0.662. The first-order valence-corrected chi connectivity index (χ1v) is 8.23. The van der Waals surface area contributed by atoms with Gasteiger partial charge in [0.2, 0.25) is 0 Å². The van der Waals surface area contributed by atoms with E-state index in [2.05, 4.69) is 53.5 Å². The summed E-state index contributed by atoms with van der Waals surface area (Å²) >= 11 is 3.53. The number of methoxy groups -OCH3 is 1. The lowest BCUT2D eigenvalue weighted by molar-refractivity contribution is -0.640. The first-order valence-electron chi connectivity index (χ1n) is 6.64. The average Bonchev–Trinajstić information content (AvgIpc) is 2.90. The van der Waals surface area contributed by atoms with Crippen LogP contribution in [-0.4, -0.2) is 7.11 Å². The number of hydrogen-bond acceptors (Lipinski definition) is 3. The van der Waals surface area contributed by atoms with E-state index in [1.54, 1.807) is 30.4 Å². The standard InChI is InChI=1S/C17H16NOS2/c1-18-17(20-15-10-8-14(19-2)9-11-15)12-16(21-18)13-6-4-3-5-7-13/h3-12H,1-2H3/q+1. The van der Waals surface area contributed by atoms with Gasteiger partial charge in [0.1, 0.15) is 22.2 Å². The number of aryl methyl sites for hydroxylation is 1. The van der Waals surface area contributed by atoms with Gasteiger partial charge in [-0.3, -0.25) is 0 Å². The minimum atomic E-state index is 0.888. The van der Waals surface area contributed by atoms with Crippen molar-refractivity contribution in [2.24, 2.45) is 7.05 Å². The largest absolute Gasteiger partial charge is 0.497 e. The van der Waals surface area contributed by atoms with E-state index in [0.29, 0.717) is 0 Å². The van der Waals surface area contributed by atoms with Crippen LogP contribution in [0.3, 0.4) is 0 Å². The SMILES string of the molecule is COc1ccc(Sc2cc(-c3ccccc3)s[n+]2C)cc1. The zero-order valence-corrected chi connectivity index (χ0v) is 13.6. The molecule has 0 spiro atoms. The van der Waals surface area contributed by atoms with Gasteiger partial charge in [0.05, 0.1) is 7.11 Å². The summed E-state index contributed by atoms with van der Waals surface area (Å²) in [4.78, 5) is 2.50. The van der Waals surface area contributed by atoms with Crippen molar-refractivity contribution in [3.8, 4) is 16.2 Å². The van der Waals surface area contributed by atoms with Gasteiger partial charge in [-0.25, -0.2) is 0 Å². The molecular formula is C17H16NOS2+. The van der Waals surface area contributed by atoms with E-state index in [9.17, 15) is 0 Å². The summed E-state index contributed by atoms with van der Waals surface area (Å²) in [5.41, 5.74) is 1.26. The topological polar surface area (TPSA) is 13.1 Å². The Kier molecular flexibility index (Phi) is 4.27. The molecule has 0 radical (unpaired) electrons. The maximum Gasteiger partial charge on any atom is 0.259 e. The summed E-state index contributed by atoms with van der Waals surface area (Å²) in [6.07, 6.45) is 0. The van der Waals surface area contributed by atoms with Crippen LogP contribution in [0.15, 0.2) is 70.6 Å². The van der Waals surface area contributed by atoms with E-state index in [-0.39, 0.29) is 0 Å². The van der Waals surface area contributed by atoms with Gasteiger partial charge in [-0.1, -0.05) is 30.3 Å². The Hall–Kier alpha value is -1.78. The van der Waals surface area contributed by atoms with Crippen molar-refractivity contribution in [2.45, 2.75) is 9.92 Å². The van der Waals surface area contributed by atoms with Crippen LogP contribution in [0.2, 0.25) is 0 Å². The first-order chi connectivity index (χ1) is 10.3. The Balaban J connectivity index is 1.84. The Morgan fingerprint density at radius 1 is 1.00 bits per heavy atom. The molecule has 106 valence electrons. The zero-order valence-electron chi connectivity index (χ0n) is 11.9. The molecule has 4 heteroatoms. The summed E-state index contributed by atoms with van der Waals surface area (Å²) < 4.78 is 7.40. The third-order valence-electron chi connectivity index (χ3n) is 3.14. The van der Waals surface area contributed by atoms with E-state index in [1.807, 2.05) is 18.2 Å². The highest BCUT2D eigenvalue weighted by molar-refractivity contribution is 7.99. The number of aromatic nitrogens is 1. The van der Waals surface area contributed by atoms with Crippen molar-refractivity contribution in [2.75, 3.05) is 7.11 Å². The third-order valence-corrected chi connectivity index (χ3v) is 5.39. The molecule has 1 heterocycles. The predicted octanol–water partition coefficient (Wildman–Crippen LogP) is 4.40. The lowest BCUT2D eigenvalue weighted by Crippen LogP contribution is -2.23. The smallest absolute Gasteiger partial charge is 0.259 e. The Bertz CT molecular complexity index is 720. The molecule has 0 aliphatic carbocycles. The van der Waals surface area contributed by atoms with E-state index in [4.69, 9.17) is 4.74 Å². The molecule has 2 nitrogen and oxygen atoms in total. The van der Waals surface area contributed by atoms with Crippen LogP contribution in [0, 0.1) is 0 Å². The molecule has 0 fully saturated rings. The second-order valence-corrected chi connectivity index (χ2v) is 6.84. The Morgan fingerprint density at radius 3 is 2.38 bits per heavy atom. The first kappa shape index (κ1) is 14.2. The monoisotopic (exact) mass is 314 g/mol. The second kappa shape index (κ2) is 6.33. The molecule has 0 aliphatic rings. The fourth-order valence-corrected chi connectivity index (χ4v) is 3.98. The highest BCUT2D eigenvalue weighted by Crippen LogP contribution is 2.32. The molecule has 0 saturated carbocycles. The molecule has 0 aliphatic heterocycles. The van der Waals surface area contributed by atoms with Crippen LogP contribution in [0.4, 0.5) is 0 Å². The van der Waals surface area contributed by atoms with Crippen molar-refractivity contribution in [3.63, 3.8) is 0 Å². The van der Waals surface area contributed by atoms with Crippen LogP contribution >= 0.6 is 23.3 Å². The maximum atomic E-state index is 5.19. The molecule has 21 heavy (non-hydrogen) atoms. The van der Waals surface area contributed by atoms with Crippen molar-refractivity contribution >= 4 is 23.3 Å². The molecule has 1 aromatic heterocycles. The Labute approximate surface area is 133 Å². The zero-order chi connectivity index (χ0) is 14.7. The van der Waals surface area contributed by atoms with E-state index in [0.717, 1.165) is 5.75 Å². The van der Waals surface area contributed by atoms with Crippen molar-refractivity contribution in [1.82, 2.24) is 0 Å². The van der Waals surface area contributed by atoms with Crippen molar-refractivity contribution in [3.05, 3.63) is 60.7 Å². The van der Waals surface area contributed by atoms with Crippen LogP contribution < -0.4 is 8.69 Å². The molecule has 0 atom stereocenters. The lowest BCUT2D eigenvalue weighted by Gasteiger charge is -2.00. The summed E-state index contributed by atoms with van der Waals surface area (Å²) in [5, 5.41) is 1.24. The molecule has 0 saturated heterocycles. The van der Waals surface area contributed by atoms with Gasteiger partial charge in [0, 0.05) is 11.0 Å². The van der Waals surface area contributed by atoms with Crippen LogP contribution in [0.25, 0.3) is 10.4 Å². The molecule has 0 N–H and O–H groups in total. The number of benzene rings is 2. The Morgan fingerprint density at radius 2 is 1.71 bits per heavy atom. The second-order valence-electron chi connectivity index (χ2n) is 4.58. The van der Waals surface area contributed by atoms with Gasteiger partial charge < -0.3 is 4.74 Å². The number of nitrogens with zero attached hydrogens (tertiary/aromatic N) is 1. The number of hydrogen-bond donors (Lipinski definition) is 0. The average molecular weight is 314 g/mol. The van der Waals surface area contributed by atoms with Gasteiger partial charge in [0.25, 0.3) is 5.03 Å². The number of rotatable bonds is 4. The lowest BCUT2D eigenvalue weighted by atomic mass is 10.2. The third kappa shape index (κ3) is 3.28. The molecule has 3 aromatic rings. The minimum absolute atomic E-state index is 0.888. The summed E-state index contributed by atoms with van der Waals surface area (Å²) in [7, 11) is 3.79. The van der Waals surface area contributed by atoms with Gasteiger partial charge in [0.15, 0.2) is 7.05 Å². The van der Waals surface area contributed by atoms with E-state index < -0.39 is 0 Å². The van der Waals surface area contributed by atoms with Crippen molar-refractivity contribution < 1.29 is 8.69 Å². The summed E-state index contributed by atoms with van der Waals surface area (Å²) in [5.74, 6) is 0.888. The van der Waals surface area contributed by atoms with Gasteiger partial charge in [-0.2, -0.15) is 0 Å². The molecule has 0 unspecified atom stereocenters. The predicted molar refractivity (Wildman–Crippen MR) is 88.0 cm³/mol. The minimum Gasteiger partial charge on any atom is -0.497 e. The van der Waals surface area contributed by atoms with Gasteiger partial charge in [-0.05, 0) is 41.6 Å². The van der Waals surface area contributed by atoms with Crippen LogP contribution in [0.1, 0.15) is 0 Å². The van der Waals surface area contributed by atoms with Crippen molar-refractivity contribution in [1.29, 1.82) is 0 Å². The van der Waals surface area contributed by atoms with Crippen LogP contribution in [-0.2, 0) is 7.05 Å². The normalized spacial score (nSPS) is 10.6. The number of ether oxygens (including phenoxy) is 1. The van der Waals surface area contributed by atoms with E-state index >= 15 is 0 Å². The van der Waals surface area contributed by atoms with Gasteiger partial charge >= 0.3 is 0 Å². The summed E-state index contributed by atoms with van der Waals surface area (Å²) in [6.45, 7) is 0. The highest BCUT2D eigenvalue weighted by atomic mass is 32.2.